The van der Waals surface area contributed by atoms with Crippen molar-refractivity contribution in [3.05, 3.63) is 72.8 Å². The number of nitrogens with zero attached hydrogens (tertiary/aromatic N) is 3. The molecule has 0 heterocycles. The number of rotatable bonds is 6. The Labute approximate surface area is 185 Å². The van der Waals surface area contributed by atoms with E-state index in [-0.39, 0.29) is 0 Å². The van der Waals surface area contributed by atoms with Crippen LogP contribution in [0.2, 0.25) is 0 Å². The van der Waals surface area contributed by atoms with Crippen LogP contribution in [0.15, 0.2) is 72.8 Å². The fourth-order valence-corrected chi connectivity index (χ4v) is 14.3. The maximum atomic E-state index is 4.34. The molecule has 154 valence electrons. The van der Waals surface area contributed by atoms with Gasteiger partial charge in [0.25, 0.3) is 0 Å². The summed E-state index contributed by atoms with van der Waals surface area (Å²) in [5.74, 6) is 0. The molecule has 3 aromatic rings. The molecule has 29 heavy (non-hydrogen) atoms. The Balaban J connectivity index is 2.14. The standard InChI is InChI=1S/C24H30BrN3Te/c1-26(2)19-7-13-22(14-8-19)29(25,23-15-9-20(10-16-23)27(3)4)24-17-11-21(12-18-24)28(5)6/h7-18H,1-6H3. The average Bonchev–Trinajstić information content (AvgIpc) is 2.73. The van der Waals surface area contributed by atoms with E-state index < -0.39 is 16.0 Å². The number of benzene rings is 3. The summed E-state index contributed by atoms with van der Waals surface area (Å²) in [6.45, 7) is 0. The molecule has 0 aliphatic carbocycles. The fraction of sp³-hybridized carbons (Fsp3) is 0.250. The van der Waals surface area contributed by atoms with E-state index >= 15 is 0 Å². The van der Waals surface area contributed by atoms with Crippen molar-refractivity contribution >= 4 is 56.6 Å². The van der Waals surface area contributed by atoms with Gasteiger partial charge in [-0.05, 0) is 0 Å². The second-order valence-corrected chi connectivity index (χ2v) is 21.3. The quantitative estimate of drug-likeness (QED) is 0.424. The Morgan fingerprint density at radius 2 is 0.655 bits per heavy atom. The normalized spacial score (nSPS) is 11.8. The van der Waals surface area contributed by atoms with Gasteiger partial charge >= 0.3 is 186 Å². The summed E-state index contributed by atoms with van der Waals surface area (Å²) in [6, 6.07) is 27.1. The minimum absolute atomic E-state index is 1.22. The van der Waals surface area contributed by atoms with E-state index in [1.165, 1.54) is 27.9 Å². The molecule has 3 aromatic carbocycles. The molecule has 0 saturated carbocycles. The molecule has 0 aliphatic rings. The predicted octanol–water partition coefficient (Wildman–Crippen LogP) is 3.25. The SMILES string of the molecule is CN(C)c1ccc([Te](Br)(c2ccc(N(C)C)cc2)c2ccc(N(C)C)cc2)cc1. The molecule has 3 rings (SSSR count). The van der Waals surface area contributed by atoms with Crippen molar-refractivity contribution in [3.63, 3.8) is 0 Å². The molecule has 0 bridgehead atoms. The summed E-state index contributed by atoms with van der Waals surface area (Å²) in [5.41, 5.74) is 3.66. The Bertz CT molecular complexity index is 808. The number of halogens is 1. The van der Waals surface area contributed by atoms with Crippen LogP contribution in [0.3, 0.4) is 0 Å². The Morgan fingerprint density at radius 1 is 0.448 bits per heavy atom. The third-order valence-electron chi connectivity index (χ3n) is 5.03. The van der Waals surface area contributed by atoms with Crippen LogP contribution in [0.5, 0.6) is 0 Å². The van der Waals surface area contributed by atoms with Crippen LogP contribution in [0, 0.1) is 0 Å². The van der Waals surface area contributed by atoms with Gasteiger partial charge in [0.15, 0.2) is 0 Å². The second kappa shape index (κ2) is 9.00. The van der Waals surface area contributed by atoms with Crippen LogP contribution in [0.4, 0.5) is 17.1 Å². The fourth-order valence-electron chi connectivity index (χ4n) is 3.20. The monoisotopic (exact) mass is 569 g/mol. The van der Waals surface area contributed by atoms with Gasteiger partial charge in [-0.1, -0.05) is 0 Å². The summed E-state index contributed by atoms with van der Waals surface area (Å²) < 4.78 is 4.19. The van der Waals surface area contributed by atoms with Crippen LogP contribution in [-0.2, 0) is 0 Å². The number of hydrogen-bond acceptors (Lipinski definition) is 3. The Kier molecular flexibility index (Phi) is 6.83. The number of hydrogen-bond donors (Lipinski definition) is 0. The van der Waals surface area contributed by atoms with Crippen molar-refractivity contribution in [2.45, 2.75) is 0 Å². The Morgan fingerprint density at radius 3 is 0.828 bits per heavy atom. The van der Waals surface area contributed by atoms with E-state index in [0.29, 0.717) is 0 Å². The molecule has 3 nitrogen and oxygen atoms in total. The van der Waals surface area contributed by atoms with Crippen molar-refractivity contribution in [1.82, 2.24) is 0 Å². The first-order valence-electron chi connectivity index (χ1n) is 9.58. The van der Waals surface area contributed by atoms with E-state index in [1.807, 2.05) is 0 Å². The first kappa shape index (κ1) is 22.0. The minimum atomic E-state index is -2.98. The van der Waals surface area contributed by atoms with Crippen molar-refractivity contribution in [2.24, 2.45) is 0 Å². The molecular weight excluding hydrogens is 538 g/mol. The van der Waals surface area contributed by atoms with E-state index in [0.717, 1.165) is 0 Å². The van der Waals surface area contributed by atoms with E-state index in [9.17, 15) is 0 Å². The second-order valence-electron chi connectivity index (χ2n) is 7.70. The van der Waals surface area contributed by atoms with Gasteiger partial charge in [-0.2, -0.15) is 0 Å². The molecule has 0 unspecified atom stereocenters. The third-order valence-corrected chi connectivity index (χ3v) is 20.4. The van der Waals surface area contributed by atoms with Crippen molar-refractivity contribution in [3.8, 4) is 0 Å². The molecule has 0 N–H and O–H groups in total. The first-order chi connectivity index (χ1) is 13.7. The van der Waals surface area contributed by atoms with Gasteiger partial charge in [0, 0.05) is 0 Å². The molecule has 0 atom stereocenters. The van der Waals surface area contributed by atoms with Crippen molar-refractivity contribution in [2.75, 3.05) is 57.0 Å². The van der Waals surface area contributed by atoms with Crippen LogP contribution < -0.4 is 25.5 Å². The molecule has 0 aliphatic heterocycles. The van der Waals surface area contributed by atoms with Crippen LogP contribution >= 0.6 is 12.8 Å². The van der Waals surface area contributed by atoms with Crippen LogP contribution in [-0.4, -0.2) is 58.3 Å². The molecular formula is C24H30BrN3Te. The molecule has 0 spiro atoms. The van der Waals surface area contributed by atoms with Gasteiger partial charge in [0.05, 0.1) is 0 Å². The molecule has 0 radical (unpaired) electrons. The average molecular weight is 568 g/mol. The molecule has 0 saturated heterocycles. The first-order valence-corrected chi connectivity index (χ1v) is 18.3. The zero-order valence-electron chi connectivity index (χ0n) is 18.1. The molecule has 0 aromatic heterocycles. The van der Waals surface area contributed by atoms with E-state index in [4.69, 9.17) is 0 Å². The van der Waals surface area contributed by atoms with Gasteiger partial charge in [-0.25, -0.2) is 0 Å². The maximum absolute atomic E-state index is 4.34. The van der Waals surface area contributed by atoms with Crippen molar-refractivity contribution in [1.29, 1.82) is 0 Å². The van der Waals surface area contributed by atoms with E-state index in [2.05, 4.69) is 143 Å². The van der Waals surface area contributed by atoms with Gasteiger partial charge in [-0.3, -0.25) is 0 Å². The zero-order valence-corrected chi connectivity index (χ0v) is 22.0. The summed E-state index contributed by atoms with van der Waals surface area (Å²) in [6.07, 6.45) is 0. The third kappa shape index (κ3) is 4.58. The summed E-state index contributed by atoms with van der Waals surface area (Å²) >= 11 is 1.36. The zero-order chi connectivity index (χ0) is 21.2. The van der Waals surface area contributed by atoms with Gasteiger partial charge in [-0.15, -0.1) is 0 Å². The summed E-state index contributed by atoms with van der Waals surface area (Å²) in [4.78, 5) is 6.43. The van der Waals surface area contributed by atoms with Gasteiger partial charge < -0.3 is 0 Å². The Hall–Kier alpha value is -1.67. The predicted molar refractivity (Wildman–Crippen MR) is 136 cm³/mol. The van der Waals surface area contributed by atoms with Gasteiger partial charge in [0.1, 0.15) is 0 Å². The van der Waals surface area contributed by atoms with Crippen LogP contribution in [0.25, 0.3) is 0 Å². The molecule has 5 heteroatoms. The van der Waals surface area contributed by atoms with E-state index in [1.54, 1.807) is 0 Å². The topological polar surface area (TPSA) is 9.72 Å². The van der Waals surface area contributed by atoms with Crippen LogP contribution in [0.1, 0.15) is 0 Å². The summed E-state index contributed by atoms with van der Waals surface area (Å²) in [7, 11) is 12.5. The molecule has 0 fully saturated rings. The van der Waals surface area contributed by atoms with Gasteiger partial charge in [0.2, 0.25) is 0 Å². The number of anilines is 3. The van der Waals surface area contributed by atoms with Crippen molar-refractivity contribution < 1.29 is 0 Å². The summed E-state index contributed by atoms with van der Waals surface area (Å²) in [5, 5.41) is 0. The molecule has 0 amide bonds.